The second-order valence-electron chi connectivity index (χ2n) is 6.28. The standard InChI is InChI=1S/C20H21NO4/c22-19(12-14-8-10-15(11-9-14)20(23)24)21-16-4-3-7-18(13-16)25-17-5-1-2-6-17/h3-4,7-11,13,17H,1-2,5-6,12H2,(H,21,22)(H,23,24). The predicted octanol–water partition coefficient (Wildman–Crippen LogP) is 3.89. The first kappa shape index (κ1) is 17.0. The van der Waals surface area contributed by atoms with Crippen molar-refractivity contribution in [2.45, 2.75) is 38.2 Å². The van der Waals surface area contributed by atoms with E-state index in [1.165, 1.54) is 25.0 Å². The highest BCUT2D eigenvalue weighted by Crippen LogP contribution is 2.25. The molecule has 5 heteroatoms. The zero-order valence-corrected chi connectivity index (χ0v) is 13.9. The Labute approximate surface area is 146 Å². The van der Waals surface area contributed by atoms with Crippen LogP contribution in [0.3, 0.4) is 0 Å². The first-order chi connectivity index (χ1) is 12.1. The molecule has 1 fully saturated rings. The topological polar surface area (TPSA) is 75.6 Å². The molecule has 0 aromatic heterocycles. The van der Waals surface area contributed by atoms with E-state index in [0.717, 1.165) is 24.2 Å². The zero-order valence-electron chi connectivity index (χ0n) is 13.9. The number of carbonyl (C=O) groups is 2. The Bertz CT molecular complexity index is 749. The highest BCUT2D eigenvalue weighted by atomic mass is 16.5. The van der Waals surface area contributed by atoms with E-state index in [9.17, 15) is 9.59 Å². The van der Waals surface area contributed by atoms with Crippen LogP contribution in [0.1, 0.15) is 41.6 Å². The van der Waals surface area contributed by atoms with E-state index in [-0.39, 0.29) is 24.0 Å². The van der Waals surface area contributed by atoms with Crippen LogP contribution in [0.25, 0.3) is 0 Å². The van der Waals surface area contributed by atoms with Gasteiger partial charge in [0, 0.05) is 11.8 Å². The third-order valence-electron chi connectivity index (χ3n) is 4.29. The molecule has 2 aromatic rings. The van der Waals surface area contributed by atoms with Crippen LogP contribution < -0.4 is 10.1 Å². The Morgan fingerprint density at radius 1 is 1.08 bits per heavy atom. The minimum Gasteiger partial charge on any atom is -0.490 e. The molecule has 130 valence electrons. The molecule has 3 rings (SSSR count). The average Bonchev–Trinajstić information content (AvgIpc) is 3.08. The van der Waals surface area contributed by atoms with Gasteiger partial charge in [-0.3, -0.25) is 4.79 Å². The smallest absolute Gasteiger partial charge is 0.335 e. The number of nitrogens with one attached hydrogen (secondary N) is 1. The summed E-state index contributed by atoms with van der Waals surface area (Å²) in [6.07, 6.45) is 5.06. The summed E-state index contributed by atoms with van der Waals surface area (Å²) < 4.78 is 5.94. The number of benzene rings is 2. The number of anilines is 1. The number of carboxylic acids is 1. The molecule has 2 aromatic carbocycles. The van der Waals surface area contributed by atoms with Gasteiger partial charge in [0.25, 0.3) is 0 Å². The molecule has 1 aliphatic carbocycles. The SMILES string of the molecule is O=C(Cc1ccc(C(=O)O)cc1)Nc1cccc(OC2CCCC2)c1. The van der Waals surface area contributed by atoms with Crippen LogP contribution in [-0.2, 0) is 11.2 Å². The number of hydrogen-bond donors (Lipinski definition) is 2. The summed E-state index contributed by atoms with van der Waals surface area (Å²) in [4.78, 5) is 23.0. The van der Waals surface area contributed by atoms with E-state index in [1.807, 2.05) is 24.3 Å². The molecule has 1 aliphatic rings. The maximum atomic E-state index is 12.2. The van der Waals surface area contributed by atoms with E-state index in [1.54, 1.807) is 12.1 Å². The highest BCUT2D eigenvalue weighted by Gasteiger charge is 2.16. The second-order valence-corrected chi connectivity index (χ2v) is 6.28. The second kappa shape index (κ2) is 7.83. The Morgan fingerprint density at radius 2 is 1.80 bits per heavy atom. The summed E-state index contributed by atoms with van der Waals surface area (Å²) in [5.41, 5.74) is 1.67. The Kier molecular flexibility index (Phi) is 5.33. The molecule has 0 unspecified atom stereocenters. The monoisotopic (exact) mass is 339 g/mol. The van der Waals surface area contributed by atoms with E-state index < -0.39 is 5.97 Å². The maximum absolute atomic E-state index is 12.2. The van der Waals surface area contributed by atoms with Gasteiger partial charge in [-0.1, -0.05) is 18.2 Å². The van der Waals surface area contributed by atoms with Crippen molar-refractivity contribution >= 4 is 17.6 Å². The molecular formula is C20H21NO4. The number of hydrogen-bond acceptors (Lipinski definition) is 3. The van der Waals surface area contributed by atoms with E-state index in [4.69, 9.17) is 9.84 Å². The third kappa shape index (κ3) is 4.83. The fourth-order valence-corrected chi connectivity index (χ4v) is 3.00. The minimum absolute atomic E-state index is 0.152. The first-order valence-corrected chi connectivity index (χ1v) is 8.49. The fraction of sp³-hybridized carbons (Fsp3) is 0.300. The van der Waals surface area contributed by atoms with Gasteiger partial charge in [-0.2, -0.15) is 0 Å². The summed E-state index contributed by atoms with van der Waals surface area (Å²) in [7, 11) is 0. The van der Waals surface area contributed by atoms with Crippen molar-refractivity contribution in [3.8, 4) is 5.75 Å². The van der Waals surface area contributed by atoms with Crippen molar-refractivity contribution < 1.29 is 19.4 Å². The van der Waals surface area contributed by atoms with Gasteiger partial charge in [0.1, 0.15) is 5.75 Å². The van der Waals surface area contributed by atoms with E-state index >= 15 is 0 Å². The van der Waals surface area contributed by atoms with E-state index in [0.29, 0.717) is 5.69 Å². The van der Waals surface area contributed by atoms with Crippen LogP contribution in [0.15, 0.2) is 48.5 Å². The molecule has 2 N–H and O–H groups in total. The average molecular weight is 339 g/mol. The van der Waals surface area contributed by atoms with Crippen molar-refractivity contribution in [1.82, 2.24) is 0 Å². The molecule has 0 spiro atoms. The van der Waals surface area contributed by atoms with Crippen LogP contribution >= 0.6 is 0 Å². The number of ether oxygens (including phenoxy) is 1. The lowest BCUT2D eigenvalue weighted by atomic mass is 10.1. The zero-order chi connectivity index (χ0) is 17.6. The van der Waals surface area contributed by atoms with Crippen LogP contribution in [-0.4, -0.2) is 23.1 Å². The fourth-order valence-electron chi connectivity index (χ4n) is 3.00. The lowest BCUT2D eigenvalue weighted by molar-refractivity contribution is -0.115. The Hall–Kier alpha value is -2.82. The van der Waals surface area contributed by atoms with Gasteiger partial charge >= 0.3 is 5.97 Å². The molecule has 0 radical (unpaired) electrons. The molecule has 25 heavy (non-hydrogen) atoms. The molecule has 5 nitrogen and oxygen atoms in total. The van der Waals surface area contributed by atoms with E-state index in [2.05, 4.69) is 5.32 Å². The number of aromatic carboxylic acids is 1. The Balaban J connectivity index is 1.57. The van der Waals surface area contributed by atoms with Gasteiger partial charge in [0.2, 0.25) is 5.91 Å². The minimum atomic E-state index is -0.977. The van der Waals surface area contributed by atoms with Crippen LogP contribution in [0, 0.1) is 0 Å². The normalized spacial score (nSPS) is 14.2. The summed E-state index contributed by atoms with van der Waals surface area (Å²) in [6.45, 7) is 0. The molecule has 0 aliphatic heterocycles. The molecular weight excluding hydrogens is 318 g/mol. The van der Waals surface area contributed by atoms with Crippen LogP contribution in [0.5, 0.6) is 5.75 Å². The summed E-state index contributed by atoms with van der Waals surface area (Å²) >= 11 is 0. The molecule has 1 saturated carbocycles. The molecule has 0 saturated heterocycles. The van der Waals surface area contributed by atoms with Crippen molar-refractivity contribution in [3.05, 3.63) is 59.7 Å². The van der Waals surface area contributed by atoms with Gasteiger partial charge in [0.05, 0.1) is 18.1 Å². The number of carboxylic acid groups (broad SMARTS) is 1. The predicted molar refractivity (Wildman–Crippen MR) is 95.1 cm³/mol. The Morgan fingerprint density at radius 3 is 2.48 bits per heavy atom. The van der Waals surface area contributed by atoms with Gasteiger partial charge in [-0.05, 0) is 55.5 Å². The summed E-state index contributed by atoms with van der Waals surface area (Å²) in [6, 6.07) is 13.7. The quantitative estimate of drug-likeness (QED) is 0.837. The number of carbonyl (C=O) groups excluding carboxylic acids is 1. The molecule has 0 heterocycles. The third-order valence-corrected chi connectivity index (χ3v) is 4.29. The number of amides is 1. The van der Waals surface area contributed by atoms with Crippen molar-refractivity contribution in [1.29, 1.82) is 0 Å². The highest BCUT2D eigenvalue weighted by molar-refractivity contribution is 5.92. The van der Waals surface area contributed by atoms with Crippen molar-refractivity contribution in [2.75, 3.05) is 5.32 Å². The van der Waals surface area contributed by atoms with Gasteiger partial charge in [-0.25, -0.2) is 4.79 Å². The van der Waals surface area contributed by atoms with Gasteiger partial charge in [0.15, 0.2) is 0 Å². The van der Waals surface area contributed by atoms with Crippen molar-refractivity contribution in [2.24, 2.45) is 0 Å². The number of rotatable bonds is 6. The van der Waals surface area contributed by atoms with Crippen LogP contribution in [0.2, 0.25) is 0 Å². The van der Waals surface area contributed by atoms with Crippen molar-refractivity contribution in [3.63, 3.8) is 0 Å². The summed E-state index contributed by atoms with van der Waals surface area (Å²) in [5, 5.41) is 11.7. The lowest BCUT2D eigenvalue weighted by Gasteiger charge is -2.14. The molecule has 1 amide bonds. The van der Waals surface area contributed by atoms with Crippen LogP contribution in [0.4, 0.5) is 5.69 Å². The molecule has 0 bridgehead atoms. The van der Waals surface area contributed by atoms with Gasteiger partial charge < -0.3 is 15.2 Å². The summed E-state index contributed by atoms with van der Waals surface area (Å²) in [5.74, 6) is -0.355. The maximum Gasteiger partial charge on any atom is 0.335 e. The first-order valence-electron chi connectivity index (χ1n) is 8.49. The molecule has 0 atom stereocenters. The lowest BCUT2D eigenvalue weighted by Crippen LogP contribution is -2.15. The largest absolute Gasteiger partial charge is 0.490 e. The van der Waals surface area contributed by atoms with Gasteiger partial charge in [-0.15, -0.1) is 0 Å².